The minimum Gasteiger partial charge on any atom is -0.394 e. The van der Waals surface area contributed by atoms with Crippen LogP contribution in [0.5, 0.6) is 0 Å². The smallest absolute Gasteiger partial charge is 0.135 e. The normalized spacial score (nSPS) is 17.3. The van der Waals surface area contributed by atoms with Crippen LogP contribution >= 0.6 is 0 Å². The molecule has 0 atom stereocenters. The lowest BCUT2D eigenvalue weighted by molar-refractivity contribution is 0.143. The standard InChI is InChI=1S/C13H22N4O/c1-3-5-10-15-11(14)9(2)12(16-10)17-13(8-18)6-4-7-13/h18H,3-8H2,1-2H3,(H3,14,15,16,17). The molecule has 1 aromatic rings. The van der Waals surface area contributed by atoms with Gasteiger partial charge in [0.15, 0.2) is 0 Å². The maximum absolute atomic E-state index is 9.49. The third-order valence-electron chi connectivity index (χ3n) is 3.70. The number of nitrogen functional groups attached to an aromatic ring is 1. The topological polar surface area (TPSA) is 84.1 Å². The lowest BCUT2D eigenvalue weighted by Crippen LogP contribution is -2.48. The van der Waals surface area contributed by atoms with Crippen LogP contribution in [-0.2, 0) is 6.42 Å². The second-order valence-electron chi connectivity index (χ2n) is 5.17. The fourth-order valence-corrected chi connectivity index (χ4v) is 2.22. The van der Waals surface area contributed by atoms with Gasteiger partial charge >= 0.3 is 0 Å². The SMILES string of the molecule is CCCc1nc(N)c(C)c(NC2(CO)CCC2)n1. The van der Waals surface area contributed by atoms with Crippen LogP contribution in [0.2, 0.25) is 0 Å². The van der Waals surface area contributed by atoms with Crippen molar-refractivity contribution in [2.24, 2.45) is 0 Å². The van der Waals surface area contributed by atoms with E-state index in [9.17, 15) is 5.11 Å². The molecule has 0 bridgehead atoms. The zero-order valence-electron chi connectivity index (χ0n) is 11.2. The zero-order chi connectivity index (χ0) is 13.2. The van der Waals surface area contributed by atoms with Gasteiger partial charge in [-0.15, -0.1) is 0 Å². The molecule has 0 spiro atoms. The summed E-state index contributed by atoms with van der Waals surface area (Å²) in [6.07, 6.45) is 4.93. The molecule has 1 heterocycles. The molecule has 0 radical (unpaired) electrons. The molecule has 2 rings (SSSR count). The molecule has 5 heteroatoms. The second kappa shape index (κ2) is 5.10. The number of aromatic nitrogens is 2. The van der Waals surface area contributed by atoms with Crippen molar-refractivity contribution in [2.75, 3.05) is 17.7 Å². The molecule has 1 aromatic heterocycles. The molecular formula is C13H22N4O. The minimum atomic E-state index is -0.199. The Labute approximate surface area is 108 Å². The predicted molar refractivity (Wildman–Crippen MR) is 72.5 cm³/mol. The molecule has 1 aliphatic rings. The van der Waals surface area contributed by atoms with Crippen LogP contribution in [0.3, 0.4) is 0 Å². The first-order chi connectivity index (χ1) is 8.60. The molecule has 1 fully saturated rings. The third-order valence-corrected chi connectivity index (χ3v) is 3.70. The van der Waals surface area contributed by atoms with Gasteiger partial charge in [-0.2, -0.15) is 0 Å². The zero-order valence-corrected chi connectivity index (χ0v) is 11.2. The fourth-order valence-electron chi connectivity index (χ4n) is 2.22. The summed E-state index contributed by atoms with van der Waals surface area (Å²) in [6.45, 7) is 4.14. The van der Waals surface area contributed by atoms with E-state index in [-0.39, 0.29) is 12.1 Å². The first-order valence-electron chi connectivity index (χ1n) is 6.62. The van der Waals surface area contributed by atoms with E-state index in [1.54, 1.807) is 0 Å². The van der Waals surface area contributed by atoms with Gasteiger partial charge in [-0.25, -0.2) is 9.97 Å². The van der Waals surface area contributed by atoms with E-state index >= 15 is 0 Å². The number of rotatable bonds is 5. The summed E-state index contributed by atoms with van der Waals surface area (Å²) in [5.41, 5.74) is 6.59. The number of nitrogens with two attached hydrogens (primary N) is 1. The molecule has 4 N–H and O–H groups in total. The number of anilines is 2. The third kappa shape index (κ3) is 2.41. The Morgan fingerprint density at radius 3 is 2.61 bits per heavy atom. The molecule has 0 aliphatic heterocycles. The highest BCUT2D eigenvalue weighted by molar-refractivity contribution is 5.56. The maximum atomic E-state index is 9.49. The number of aliphatic hydroxyl groups excluding tert-OH is 1. The van der Waals surface area contributed by atoms with Crippen molar-refractivity contribution in [3.63, 3.8) is 0 Å². The molecule has 100 valence electrons. The van der Waals surface area contributed by atoms with Crippen molar-refractivity contribution in [3.8, 4) is 0 Å². The van der Waals surface area contributed by atoms with Gasteiger partial charge in [-0.05, 0) is 32.6 Å². The van der Waals surface area contributed by atoms with Crippen molar-refractivity contribution in [1.29, 1.82) is 0 Å². The van der Waals surface area contributed by atoms with E-state index in [0.717, 1.165) is 49.3 Å². The van der Waals surface area contributed by atoms with E-state index in [1.807, 2.05) is 6.92 Å². The highest BCUT2D eigenvalue weighted by atomic mass is 16.3. The average Bonchev–Trinajstić information content (AvgIpc) is 2.30. The molecular weight excluding hydrogens is 228 g/mol. The molecule has 1 saturated carbocycles. The van der Waals surface area contributed by atoms with E-state index in [1.165, 1.54) is 0 Å². The molecule has 0 saturated heterocycles. The van der Waals surface area contributed by atoms with Gasteiger partial charge in [0.05, 0.1) is 12.1 Å². The van der Waals surface area contributed by atoms with Crippen LogP contribution < -0.4 is 11.1 Å². The van der Waals surface area contributed by atoms with Gasteiger partial charge in [0.25, 0.3) is 0 Å². The number of hydrogen-bond donors (Lipinski definition) is 3. The fraction of sp³-hybridized carbons (Fsp3) is 0.692. The molecule has 0 unspecified atom stereocenters. The Morgan fingerprint density at radius 1 is 1.39 bits per heavy atom. The van der Waals surface area contributed by atoms with Gasteiger partial charge in [-0.3, -0.25) is 0 Å². The monoisotopic (exact) mass is 250 g/mol. The molecule has 5 nitrogen and oxygen atoms in total. The Bertz CT molecular complexity index is 424. The van der Waals surface area contributed by atoms with E-state index in [4.69, 9.17) is 5.73 Å². The Balaban J connectivity index is 2.25. The molecule has 18 heavy (non-hydrogen) atoms. The number of nitrogens with zero attached hydrogens (tertiary/aromatic N) is 2. The van der Waals surface area contributed by atoms with E-state index in [0.29, 0.717) is 5.82 Å². The van der Waals surface area contributed by atoms with Crippen molar-refractivity contribution >= 4 is 11.6 Å². The first kappa shape index (κ1) is 13.1. The quantitative estimate of drug-likeness (QED) is 0.740. The van der Waals surface area contributed by atoms with Crippen molar-refractivity contribution in [2.45, 2.75) is 51.5 Å². The van der Waals surface area contributed by atoms with Crippen LogP contribution in [0.25, 0.3) is 0 Å². The molecule has 0 aromatic carbocycles. The van der Waals surface area contributed by atoms with Crippen LogP contribution in [0.4, 0.5) is 11.6 Å². The van der Waals surface area contributed by atoms with Gasteiger partial charge < -0.3 is 16.2 Å². The Hall–Kier alpha value is -1.36. The number of nitrogens with one attached hydrogen (secondary N) is 1. The molecule has 1 aliphatic carbocycles. The number of hydrogen-bond acceptors (Lipinski definition) is 5. The largest absolute Gasteiger partial charge is 0.394 e. The highest BCUT2D eigenvalue weighted by Crippen LogP contribution is 2.35. The summed E-state index contributed by atoms with van der Waals surface area (Å²) in [5, 5.41) is 12.9. The maximum Gasteiger partial charge on any atom is 0.135 e. The second-order valence-corrected chi connectivity index (χ2v) is 5.17. The van der Waals surface area contributed by atoms with Gasteiger partial charge in [0, 0.05) is 12.0 Å². The summed E-state index contributed by atoms with van der Waals surface area (Å²) in [4.78, 5) is 8.81. The average molecular weight is 250 g/mol. The van der Waals surface area contributed by atoms with Crippen LogP contribution in [0.1, 0.15) is 44.0 Å². The highest BCUT2D eigenvalue weighted by Gasteiger charge is 2.37. The lowest BCUT2D eigenvalue weighted by Gasteiger charge is -2.41. The minimum absolute atomic E-state index is 0.138. The number of aryl methyl sites for hydroxylation is 1. The summed E-state index contributed by atoms with van der Waals surface area (Å²) in [7, 11) is 0. The summed E-state index contributed by atoms with van der Waals surface area (Å²) >= 11 is 0. The van der Waals surface area contributed by atoms with Crippen LogP contribution in [0, 0.1) is 6.92 Å². The summed E-state index contributed by atoms with van der Waals surface area (Å²) in [5.74, 6) is 2.08. The van der Waals surface area contributed by atoms with Crippen LogP contribution in [0.15, 0.2) is 0 Å². The van der Waals surface area contributed by atoms with Gasteiger partial charge in [-0.1, -0.05) is 6.92 Å². The van der Waals surface area contributed by atoms with Crippen molar-refractivity contribution < 1.29 is 5.11 Å². The lowest BCUT2D eigenvalue weighted by atomic mass is 9.77. The Kier molecular flexibility index (Phi) is 3.71. The van der Waals surface area contributed by atoms with E-state index in [2.05, 4.69) is 22.2 Å². The molecule has 0 amide bonds. The van der Waals surface area contributed by atoms with Crippen molar-refractivity contribution in [3.05, 3.63) is 11.4 Å². The van der Waals surface area contributed by atoms with Gasteiger partial charge in [0.1, 0.15) is 17.5 Å². The van der Waals surface area contributed by atoms with E-state index < -0.39 is 0 Å². The van der Waals surface area contributed by atoms with Crippen molar-refractivity contribution in [1.82, 2.24) is 9.97 Å². The predicted octanol–water partition coefficient (Wildman–Crippen LogP) is 1.65. The summed E-state index contributed by atoms with van der Waals surface area (Å²) < 4.78 is 0. The first-order valence-corrected chi connectivity index (χ1v) is 6.62. The summed E-state index contributed by atoms with van der Waals surface area (Å²) in [6, 6.07) is 0. The Morgan fingerprint density at radius 2 is 2.11 bits per heavy atom. The van der Waals surface area contributed by atoms with Gasteiger partial charge in [0.2, 0.25) is 0 Å². The number of aliphatic hydroxyl groups is 1. The van der Waals surface area contributed by atoms with Crippen LogP contribution in [-0.4, -0.2) is 27.2 Å².